The SMILES string of the molecule is COc1cc(OCc2cccc(-c3cccc(COc4ccc(CNCC(O)CC(=O)O)c(OC)n4)c3C)c2C)ccc1CNCC(O)CC(=O)O. The lowest BCUT2D eigenvalue weighted by molar-refractivity contribution is -0.140. The number of aromatic nitrogens is 1. The standard InChI is InChI=1S/C39H47N3O10/c1-24-28(22-51-32-13-11-26(35(17-32)49-3)18-40-20-30(43)15-37(45)46)7-5-9-33(24)34-10-6-8-29(25(34)2)23-52-36-14-12-27(39(42-36)50-4)19-41-21-31(44)16-38(47)48/h5-14,17,30-31,40-41,43-44H,15-16,18-23H2,1-4H3,(H,45,46)(H,47,48). The average molecular weight is 718 g/mol. The maximum Gasteiger partial charge on any atom is 0.306 e. The minimum absolute atomic E-state index is 0.119. The molecule has 3 aromatic carbocycles. The zero-order chi connectivity index (χ0) is 37.6. The maximum absolute atomic E-state index is 10.8. The largest absolute Gasteiger partial charge is 0.496 e. The van der Waals surface area contributed by atoms with Crippen LogP contribution in [0.5, 0.6) is 23.3 Å². The van der Waals surface area contributed by atoms with Gasteiger partial charge in [-0.25, -0.2) is 0 Å². The number of pyridine rings is 1. The average Bonchev–Trinajstić information content (AvgIpc) is 3.11. The van der Waals surface area contributed by atoms with Gasteiger partial charge < -0.3 is 50.0 Å². The Hall–Kier alpha value is -5.21. The number of aliphatic hydroxyl groups excluding tert-OH is 2. The van der Waals surface area contributed by atoms with E-state index in [-0.39, 0.29) is 32.5 Å². The summed E-state index contributed by atoms with van der Waals surface area (Å²) in [4.78, 5) is 26.0. The second-order valence-electron chi connectivity index (χ2n) is 12.3. The lowest BCUT2D eigenvalue weighted by Crippen LogP contribution is -2.28. The Bertz CT molecular complexity index is 1680. The molecular formula is C39H47N3O10. The second-order valence-corrected chi connectivity index (χ2v) is 12.3. The Labute approximate surface area is 303 Å². The van der Waals surface area contributed by atoms with E-state index in [9.17, 15) is 19.8 Å². The van der Waals surface area contributed by atoms with Crippen molar-refractivity contribution < 1.29 is 49.0 Å². The van der Waals surface area contributed by atoms with Crippen LogP contribution in [0.1, 0.15) is 46.2 Å². The summed E-state index contributed by atoms with van der Waals surface area (Å²) in [7, 11) is 3.08. The highest BCUT2D eigenvalue weighted by molar-refractivity contribution is 5.72. The molecule has 0 saturated heterocycles. The number of nitrogens with zero attached hydrogens (tertiary/aromatic N) is 1. The Balaban J connectivity index is 1.39. The predicted molar refractivity (Wildman–Crippen MR) is 194 cm³/mol. The van der Waals surface area contributed by atoms with Gasteiger partial charge in [-0.15, -0.1) is 0 Å². The van der Waals surface area contributed by atoms with Crippen molar-refractivity contribution in [3.63, 3.8) is 0 Å². The van der Waals surface area contributed by atoms with Gasteiger partial charge >= 0.3 is 11.9 Å². The molecular weight excluding hydrogens is 670 g/mol. The van der Waals surface area contributed by atoms with Crippen molar-refractivity contribution in [2.75, 3.05) is 27.3 Å². The minimum Gasteiger partial charge on any atom is -0.496 e. The number of benzene rings is 3. The number of hydrogen-bond acceptors (Lipinski definition) is 11. The van der Waals surface area contributed by atoms with Crippen LogP contribution in [0.25, 0.3) is 11.1 Å². The first-order valence-corrected chi connectivity index (χ1v) is 16.8. The summed E-state index contributed by atoms with van der Waals surface area (Å²) >= 11 is 0. The van der Waals surface area contributed by atoms with Crippen LogP contribution in [0.3, 0.4) is 0 Å². The molecule has 0 bridgehead atoms. The maximum atomic E-state index is 10.8. The summed E-state index contributed by atoms with van der Waals surface area (Å²) in [6, 6.07) is 21.3. The molecule has 0 saturated carbocycles. The Morgan fingerprint density at radius 1 is 0.692 bits per heavy atom. The van der Waals surface area contributed by atoms with Crippen LogP contribution in [-0.4, -0.2) is 76.9 Å². The predicted octanol–water partition coefficient (Wildman–Crippen LogP) is 4.39. The quantitative estimate of drug-likeness (QED) is 0.0713. The number of rotatable bonds is 21. The molecule has 0 aliphatic rings. The van der Waals surface area contributed by atoms with Crippen molar-refractivity contribution >= 4 is 11.9 Å². The van der Waals surface area contributed by atoms with Crippen LogP contribution in [0.15, 0.2) is 66.7 Å². The summed E-state index contributed by atoms with van der Waals surface area (Å²) in [6.07, 6.45) is -2.64. The van der Waals surface area contributed by atoms with Crippen LogP contribution < -0.4 is 29.6 Å². The summed E-state index contributed by atoms with van der Waals surface area (Å²) in [5.74, 6) is -0.101. The van der Waals surface area contributed by atoms with E-state index in [2.05, 4.69) is 41.6 Å². The number of carbonyl (C=O) groups is 2. The van der Waals surface area contributed by atoms with Gasteiger partial charge in [0.1, 0.15) is 24.7 Å². The third-order valence-corrected chi connectivity index (χ3v) is 8.53. The molecule has 52 heavy (non-hydrogen) atoms. The van der Waals surface area contributed by atoms with Crippen molar-refractivity contribution in [3.05, 3.63) is 100 Å². The smallest absolute Gasteiger partial charge is 0.306 e. The van der Waals surface area contributed by atoms with Crippen molar-refractivity contribution in [2.45, 2.75) is 65.2 Å². The summed E-state index contributed by atoms with van der Waals surface area (Å²) in [5.41, 5.74) is 7.92. The zero-order valence-corrected chi connectivity index (χ0v) is 29.8. The zero-order valence-electron chi connectivity index (χ0n) is 29.8. The van der Waals surface area contributed by atoms with Gasteiger partial charge in [0.2, 0.25) is 11.8 Å². The van der Waals surface area contributed by atoms with E-state index < -0.39 is 24.1 Å². The molecule has 2 atom stereocenters. The number of aliphatic hydroxyl groups is 2. The minimum atomic E-state index is -1.06. The number of ether oxygens (including phenoxy) is 4. The molecule has 0 amide bonds. The van der Waals surface area contributed by atoms with Gasteiger partial charge in [0.05, 0.1) is 39.3 Å². The summed E-state index contributed by atoms with van der Waals surface area (Å²) < 4.78 is 23.3. The van der Waals surface area contributed by atoms with E-state index in [0.717, 1.165) is 44.5 Å². The monoisotopic (exact) mass is 717 g/mol. The highest BCUT2D eigenvalue weighted by Crippen LogP contribution is 2.32. The summed E-state index contributed by atoms with van der Waals surface area (Å²) in [6.45, 7) is 5.75. The topological polar surface area (TPSA) is 189 Å². The molecule has 4 rings (SSSR count). The van der Waals surface area contributed by atoms with Crippen molar-refractivity contribution in [3.8, 4) is 34.4 Å². The molecule has 1 heterocycles. The van der Waals surface area contributed by atoms with Gasteiger partial charge in [-0.3, -0.25) is 9.59 Å². The van der Waals surface area contributed by atoms with E-state index in [4.69, 9.17) is 29.2 Å². The van der Waals surface area contributed by atoms with Crippen molar-refractivity contribution in [1.29, 1.82) is 0 Å². The van der Waals surface area contributed by atoms with Gasteiger partial charge in [0.25, 0.3) is 0 Å². The van der Waals surface area contributed by atoms with Gasteiger partial charge in [0.15, 0.2) is 0 Å². The lowest BCUT2D eigenvalue weighted by Gasteiger charge is -2.17. The molecule has 0 spiro atoms. The Kier molecular flexibility index (Phi) is 14.8. The van der Waals surface area contributed by atoms with Gasteiger partial charge in [0, 0.05) is 49.4 Å². The highest BCUT2D eigenvalue weighted by atomic mass is 16.5. The Morgan fingerprint density at radius 2 is 1.23 bits per heavy atom. The molecule has 2 unspecified atom stereocenters. The fourth-order valence-corrected chi connectivity index (χ4v) is 5.68. The van der Waals surface area contributed by atoms with Crippen LogP contribution >= 0.6 is 0 Å². The second kappa shape index (κ2) is 19.4. The first-order valence-electron chi connectivity index (χ1n) is 16.8. The van der Waals surface area contributed by atoms with Crippen molar-refractivity contribution in [2.24, 2.45) is 0 Å². The van der Waals surface area contributed by atoms with Crippen LogP contribution in [-0.2, 0) is 35.9 Å². The molecule has 13 heteroatoms. The number of carboxylic acids is 2. The van der Waals surface area contributed by atoms with Crippen LogP contribution in [0, 0.1) is 13.8 Å². The van der Waals surface area contributed by atoms with Gasteiger partial charge in [-0.2, -0.15) is 4.98 Å². The number of methoxy groups -OCH3 is 2. The molecule has 13 nitrogen and oxygen atoms in total. The fraction of sp³-hybridized carbons (Fsp3) is 0.359. The van der Waals surface area contributed by atoms with E-state index in [1.54, 1.807) is 13.2 Å². The van der Waals surface area contributed by atoms with E-state index in [1.165, 1.54) is 7.11 Å². The van der Waals surface area contributed by atoms with Crippen molar-refractivity contribution in [1.82, 2.24) is 15.6 Å². The van der Waals surface area contributed by atoms with Crippen LogP contribution in [0.2, 0.25) is 0 Å². The highest BCUT2D eigenvalue weighted by Gasteiger charge is 2.15. The molecule has 0 fully saturated rings. The van der Waals surface area contributed by atoms with Gasteiger partial charge in [-0.05, 0) is 59.4 Å². The normalized spacial score (nSPS) is 12.2. The summed E-state index contributed by atoms with van der Waals surface area (Å²) in [5, 5.41) is 43.3. The molecule has 0 aliphatic carbocycles. The van der Waals surface area contributed by atoms with Gasteiger partial charge in [-0.1, -0.05) is 42.5 Å². The van der Waals surface area contributed by atoms with Crippen LogP contribution in [0.4, 0.5) is 0 Å². The molecule has 278 valence electrons. The fourth-order valence-electron chi connectivity index (χ4n) is 5.68. The molecule has 0 aliphatic heterocycles. The number of carboxylic acid groups (broad SMARTS) is 2. The number of hydrogen-bond donors (Lipinski definition) is 6. The van der Waals surface area contributed by atoms with E-state index >= 15 is 0 Å². The third kappa shape index (κ3) is 11.4. The Morgan fingerprint density at radius 3 is 1.77 bits per heavy atom. The molecule has 0 radical (unpaired) electrons. The molecule has 6 N–H and O–H groups in total. The first-order chi connectivity index (χ1) is 25.0. The molecule has 4 aromatic rings. The number of aliphatic carboxylic acids is 2. The third-order valence-electron chi connectivity index (χ3n) is 8.53. The molecule has 1 aromatic heterocycles. The number of nitrogens with one attached hydrogen (secondary N) is 2. The van der Waals surface area contributed by atoms with E-state index in [1.807, 2.05) is 48.5 Å². The van der Waals surface area contributed by atoms with E-state index in [0.29, 0.717) is 43.0 Å². The first kappa shape index (κ1) is 39.6. The lowest BCUT2D eigenvalue weighted by atomic mass is 9.92.